The van der Waals surface area contributed by atoms with Gasteiger partial charge in [0.2, 0.25) is 10.0 Å². The third kappa shape index (κ3) is 3.04. The Morgan fingerprint density at radius 1 is 1.30 bits per heavy atom. The second kappa shape index (κ2) is 6.06. The largest absolute Gasteiger partial charge is 0.495 e. The Balaban J connectivity index is 1.98. The van der Waals surface area contributed by atoms with E-state index in [2.05, 4.69) is 5.32 Å². The van der Waals surface area contributed by atoms with E-state index < -0.39 is 14.9 Å². The Bertz CT molecular complexity index is 721. The van der Waals surface area contributed by atoms with Gasteiger partial charge in [0.05, 0.1) is 12.0 Å². The summed E-state index contributed by atoms with van der Waals surface area (Å²) in [4.78, 5) is 10.2. The van der Waals surface area contributed by atoms with Crippen LogP contribution in [0, 0.1) is 10.1 Å². The van der Waals surface area contributed by atoms with Crippen molar-refractivity contribution in [2.45, 2.75) is 36.2 Å². The maximum Gasteiger partial charge on any atom is 0.271 e. The molecule has 0 radical (unpaired) electrons. The van der Waals surface area contributed by atoms with Crippen LogP contribution in [0.5, 0.6) is 5.75 Å². The first-order chi connectivity index (χ1) is 10.9. The lowest BCUT2D eigenvalue weighted by Gasteiger charge is -2.24. The fourth-order valence-corrected chi connectivity index (χ4v) is 4.92. The maximum atomic E-state index is 13.0. The molecule has 8 nitrogen and oxygen atoms in total. The summed E-state index contributed by atoms with van der Waals surface area (Å²) in [5.41, 5.74) is -0.265. The zero-order valence-electron chi connectivity index (χ0n) is 12.8. The van der Waals surface area contributed by atoms with Crippen LogP contribution in [0.15, 0.2) is 23.1 Å². The van der Waals surface area contributed by atoms with Gasteiger partial charge < -0.3 is 10.1 Å². The van der Waals surface area contributed by atoms with E-state index >= 15 is 0 Å². The van der Waals surface area contributed by atoms with Gasteiger partial charge in [-0.25, -0.2) is 8.42 Å². The number of nitrogens with zero attached hydrogens (tertiary/aromatic N) is 2. The topological polar surface area (TPSA) is 102 Å². The van der Waals surface area contributed by atoms with Crippen molar-refractivity contribution in [2.24, 2.45) is 0 Å². The van der Waals surface area contributed by atoms with Crippen molar-refractivity contribution in [1.82, 2.24) is 9.62 Å². The summed E-state index contributed by atoms with van der Waals surface area (Å²) in [6.07, 6.45) is 2.76. The lowest BCUT2D eigenvalue weighted by atomic mass is 10.1. The summed E-state index contributed by atoms with van der Waals surface area (Å²) in [5, 5.41) is 14.4. The fourth-order valence-electron chi connectivity index (χ4n) is 3.25. The molecule has 3 rings (SSSR count). The third-order valence-corrected chi connectivity index (χ3v) is 6.35. The van der Waals surface area contributed by atoms with Gasteiger partial charge in [-0.15, -0.1) is 0 Å². The van der Waals surface area contributed by atoms with Crippen LogP contribution in [0.2, 0.25) is 0 Å². The first-order valence-electron chi connectivity index (χ1n) is 7.50. The molecule has 1 aromatic carbocycles. The van der Waals surface area contributed by atoms with Crippen molar-refractivity contribution < 1.29 is 18.1 Å². The monoisotopic (exact) mass is 341 g/mol. The van der Waals surface area contributed by atoms with Crippen LogP contribution in [-0.2, 0) is 10.0 Å². The standard InChI is InChI=1S/C14H19N3O5S/c1-22-13-5-4-12(17(18)19)8-14(13)23(20,21)16-7-6-10-2-3-11(9-16)15-10/h4-5,8,10-11,15H,2-3,6-7,9H2,1H3. The molecule has 1 N–H and O–H groups in total. The molecule has 1 aromatic rings. The molecule has 2 bridgehead atoms. The van der Waals surface area contributed by atoms with Gasteiger partial charge in [-0.05, 0) is 25.3 Å². The molecule has 0 aliphatic carbocycles. The number of methoxy groups -OCH3 is 1. The van der Waals surface area contributed by atoms with Crippen molar-refractivity contribution in [3.8, 4) is 5.75 Å². The van der Waals surface area contributed by atoms with E-state index in [9.17, 15) is 18.5 Å². The van der Waals surface area contributed by atoms with E-state index in [1.54, 1.807) is 0 Å². The van der Waals surface area contributed by atoms with Crippen molar-refractivity contribution in [3.05, 3.63) is 28.3 Å². The molecule has 2 aliphatic heterocycles. The van der Waals surface area contributed by atoms with Gasteiger partial charge >= 0.3 is 0 Å². The Kier molecular flexibility index (Phi) is 4.26. The molecule has 23 heavy (non-hydrogen) atoms. The second-order valence-corrected chi connectivity index (χ2v) is 7.79. The lowest BCUT2D eigenvalue weighted by Crippen LogP contribution is -2.39. The molecule has 2 atom stereocenters. The number of non-ortho nitro benzene ring substituents is 1. The number of nitro groups is 1. The summed E-state index contributed by atoms with van der Waals surface area (Å²) >= 11 is 0. The molecule has 2 saturated heterocycles. The summed E-state index contributed by atoms with van der Waals surface area (Å²) in [6.45, 7) is 0.785. The average molecular weight is 341 g/mol. The van der Waals surface area contributed by atoms with Crippen molar-refractivity contribution in [1.29, 1.82) is 0 Å². The van der Waals surface area contributed by atoms with Gasteiger partial charge in [0, 0.05) is 37.3 Å². The molecule has 2 fully saturated rings. The third-order valence-electron chi connectivity index (χ3n) is 4.46. The van der Waals surface area contributed by atoms with E-state index in [0.29, 0.717) is 19.1 Å². The molecule has 2 unspecified atom stereocenters. The van der Waals surface area contributed by atoms with Crippen molar-refractivity contribution in [3.63, 3.8) is 0 Å². The molecule has 2 heterocycles. The van der Waals surface area contributed by atoms with E-state index in [1.165, 1.54) is 23.5 Å². The van der Waals surface area contributed by atoms with Gasteiger partial charge in [-0.3, -0.25) is 10.1 Å². The molecular formula is C14H19N3O5S. The lowest BCUT2D eigenvalue weighted by molar-refractivity contribution is -0.385. The van der Waals surface area contributed by atoms with Crippen molar-refractivity contribution >= 4 is 15.7 Å². The number of hydrogen-bond donors (Lipinski definition) is 1. The van der Waals surface area contributed by atoms with Crippen LogP contribution < -0.4 is 10.1 Å². The first-order valence-corrected chi connectivity index (χ1v) is 8.94. The Morgan fingerprint density at radius 3 is 2.74 bits per heavy atom. The summed E-state index contributed by atoms with van der Waals surface area (Å²) in [5.74, 6) is 0.123. The number of nitrogens with one attached hydrogen (secondary N) is 1. The second-order valence-electron chi connectivity index (χ2n) is 5.88. The SMILES string of the molecule is COc1ccc([N+](=O)[O-])cc1S(=O)(=O)N1CCC2CCC(C1)N2. The van der Waals surface area contributed by atoms with Gasteiger partial charge in [0.25, 0.3) is 5.69 Å². The van der Waals surface area contributed by atoms with Crippen LogP contribution in [0.4, 0.5) is 5.69 Å². The normalized spacial score (nSPS) is 25.1. The quantitative estimate of drug-likeness (QED) is 0.650. The number of hydrogen-bond acceptors (Lipinski definition) is 6. The average Bonchev–Trinajstić information content (AvgIpc) is 2.84. The van der Waals surface area contributed by atoms with E-state index in [-0.39, 0.29) is 22.4 Å². The minimum atomic E-state index is -3.84. The van der Waals surface area contributed by atoms with E-state index in [0.717, 1.165) is 25.3 Å². The number of rotatable bonds is 4. The highest BCUT2D eigenvalue weighted by Gasteiger charge is 2.36. The van der Waals surface area contributed by atoms with E-state index in [1.807, 2.05) is 0 Å². The van der Waals surface area contributed by atoms with Gasteiger partial charge in [-0.1, -0.05) is 0 Å². The van der Waals surface area contributed by atoms with Crippen LogP contribution in [0.3, 0.4) is 0 Å². The Labute approximate surface area is 134 Å². The highest BCUT2D eigenvalue weighted by atomic mass is 32.2. The zero-order valence-corrected chi connectivity index (χ0v) is 13.6. The molecule has 126 valence electrons. The highest BCUT2D eigenvalue weighted by Crippen LogP contribution is 2.32. The number of nitro benzene ring substituents is 1. The number of fused-ring (bicyclic) bond motifs is 2. The fraction of sp³-hybridized carbons (Fsp3) is 0.571. The summed E-state index contributed by atoms with van der Waals surface area (Å²) < 4.78 is 32.4. The molecule has 0 aromatic heterocycles. The Hall–Kier alpha value is -1.71. The van der Waals surface area contributed by atoms with Gasteiger partial charge in [0.1, 0.15) is 10.6 Å². The highest BCUT2D eigenvalue weighted by molar-refractivity contribution is 7.89. The van der Waals surface area contributed by atoms with E-state index in [4.69, 9.17) is 4.74 Å². The molecule has 9 heteroatoms. The molecule has 0 saturated carbocycles. The number of ether oxygens (including phenoxy) is 1. The zero-order chi connectivity index (χ0) is 16.6. The first kappa shape index (κ1) is 16.2. The summed E-state index contributed by atoms with van der Waals surface area (Å²) in [6, 6.07) is 4.14. The molecule has 0 spiro atoms. The Morgan fingerprint density at radius 2 is 2.04 bits per heavy atom. The number of benzene rings is 1. The van der Waals surface area contributed by atoms with Crippen LogP contribution in [0.25, 0.3) is 0 Å². The van der Waals surface area contributed by atoms with Gasteiger partial charge in [-0.2, -0.15) is 4.31 Å². The number of sulfonamides is 1. The van der Waals surface area contributed by atoms with Crippen LogP contribution in [-0.4, -0.2) is 49.9 Å². The van der Waals surface area contributed by atoms with Crippen LogP contribution in [0.1, 0.15) is 19.3 Å². The maximum absolute atomic E-state index is 13.0. The molecule has 2 aliphatic rings. The predicted octanol–water partition coefficient (Wildman–Crippen LogP) is 1.12. The van der Waals surface area contributed by atoms with Crippen LogP contribution >= 0.6 is 0 Å². The smallest absolute Gasteiger partial charge is 0.271 e. The minimum Gasteiger partial charge on any atom is -0.495 e. The summed E-state index contributed by atoms with van der Waals surface area (Å²) in [7, 11) is -2.49. The van der Waals surface area contributed by atoms with Crippen molar-refractivity contribution in [2.75, 3.05) is 20.2 Å². The molecular weight excluding hydrogens is 322 g/mol. The molecule has 0 amide bonds. The minimum absolute atomic E-state index is 0.123. The van der Waals surface area contributed by atoms with Gasteiger partial charge in [0.15, 0.2) is 0 Å². The predicted molar refractivity (Wildman–Crippen MR) is 83.0 cm³/mol.